The molecule has 4 aliphatic heterocycles. The molecule has 1 atom stereocenters. The summed E-state index contributed by atoms with van der Waals surface area (Å²) in [4.78, 5) is 58.4. The number of amides is 2. The molecule has 0 aromatic heterocycles. The first kappa shape index (κ1) is 36.9. The lowest BCUT2D eigenvalue weighted by Gasteiger charge is -2.52. The first-order valence-electron chi connectivity index (χ1n) is 17.3. The predicted molar refractivity (Wildman–Crippen MR) is 170 cm³/mol. The number of alkyl halides is 3. The minimum absolute atomic E-state index is 0.0477. The fourth-order valence-corrected chi connectivity index (χ4v) is 7.95. The van der Waals surface area contributed by atoms with Crippen LogP contribution in [0.3, 0.4) is 0 Å². The maximum atomic E-state index is 13.3. The molecule has 5 rings (SSSR count). The fraction of sp³-hybridized carbons (Fsp3) is 0.794. The number of dihydropyridines is 1. The molecule has 47 heavy (non-hydrogen) atoms. The molecule has 0 bridgehead atoms. The van der Waals surface area contributed by atoms with Crippen molar-refractivity contribution in [1.82, 2.24) is 14.7 Å². The number of aliphatic carboxylic acids is 1. The molecule has 1 unspecified atom stereocenters. The topological polar surface area (TPSA) is 120 Å². The molecular weight excluding hydrogens is 617 g/mol. The van der Waals surface area contributed by atoms with Gasteiger partial charge in [-0.25, -0.2) is 9.59 Å². The van der Waals surface area contributed by atoms with Crippen LogP contribution in [0.1, 0.15) is 97.8 Å². The number of Topliss-reactive ketones (excluding diaryl/α,β-unsaturated/α-hetero) is 1. The smallest absolute Gasteiger partial charge is 0.475 e. The Hall–Kier alpha value is -2.96. The first-order chi connectivity index (χ1) is 22.3. The molecule has 5 aliphatic rings. The monoisotopic (exact) mass is 668 g/mol. The van der Waals surface area contributed by atoms with Gasteiger partial charge < -0.3 is 19.6 Å². The third-order valence-electron chi connectivity index (χ3n) is 10.8. The summed E-state index contributed by atoms with van der Waals surface area (Å²) in [5, 5.41) is 7.12. The Morgan fingerprint density at radius 3 is 2.19 bits per heavy atom. The average molecular weight is 669 g/mol. The lowest BCUT2D eigenvalue weighted by atomic mass is 9.75. The van der Waals surface area contributed by atoms with Gasteiger partial charge in [-0.1, -0.05) is 39.0 Å². The van der Waals surface area contributed by atoms with E-state index in [9.17, 15) is 27.6 Å². The first-order valence-corrected chi connectivity index (χ1v) is 17.3. The van der Waals surface area contributed by atoms with Crippen molar-refractivity contribution < 1.29 is 42.2 Å². The van der Waals surface area contributed by atoms with Gasteiger partial charge in [-0.05, 0) is 51.9 Å². The lowest BCUT2D eigenvalue weighted by molar-refractivity contribution is -0.192. The largest absolute Gasteiger partial charge is 0.490 e. The van der Waals surface area contributed by atoms with E-state index in [2.05, 4.69) is 16.8 Å². The quantitative estimate of drug-likeness (QED) is 0.373. The maximum Gasteiger partial charge on any atom is 0.490 e. The Morgan fingerprint density at radius 2 is 1.62 bits per heavy atom. The van der Waals surface area contributed by atoms with Crippen molar-refractivity contribution in [1.29, 1.82) is 0 Å². The van der Waals surface area contributed by atoms with E-state index in [0.717, 1.165) is 58.3 Å². The lowest BCUT2D eigenvalue weighted by Crippen LogP contribution is -2.61. The van der Waals surface area contributed by atoms with Crippen LogP contribution in [-0.2, 0) is 19.1 Å². The number of hydrogen-bond donors (Lipinski definition) is 1. The zero-order valence-electron chi connectivity index (χ0n) is 28.1. The number of unbranched alkanes of at least 4 members (excludes halogenated alkanes) is 1. The standard InChI is InChI=1S/C32H50N4O4.C2HF3O2/c1-4-5-11-26-22-36(21-25-9-7-6-8-10-25)31(39)40-32(26)14-18-34(19-15-32)27-12-16-35(17-13-27)30(38)29-23(2)28(37)20-33-24(29)3;3-2(4,5)1(6)7/h25-27H,4-22H2,1-3H3;(H,6,7). The minimum atomic E-state index is -5.08. The van der Waals surface area contributed by atoms with Crippen LogP contribution in [0.25, 0.3) is 0 Å². The Labute approximate surface area is 275 Å². The van der Waals surface area contributed by atoms with Crippen LogP contribution < -0.4 is 0 Å². The molecule has 4 heterocycles. The number of aliphatic imine (C=N–C) groups is 1. The van der Waals surface area contributed by atoms with Gasteiger partial charge in [0.2, 0.25) is 0 Å². The third-order valence-corrected chi connectivity index (χ3v) is 10.8. The second-order valence-corrected chi connectivity index (χ2v) is 13.9. The molecule has 2 amide bonds. The van der Waals surface area contributed by atoms with Gasteiger partial charge in [0.1, 0.15) is 12.1 Å². The van der Waals surface area contributed by atoms with Gasteiger partial charge in [0.05, 0.1) is 5.57 Å². The summed E-state index contributed by atoms with van der Waals surface area (Å²) in [6.07, 6.45) is 8.43. The van der Waals surface area contributed by atoms with Crippen molar-refractivity contribution in [3.8, 4) is 0 Å². The number of likely N-dealkylation sites (tertiary alicyclic amines) is 2. The molecule has 264 valence electrons. The molecule has 0 aromatic rings. The van der Waals surface area contributed by atoms with Gasteiger partial charge in [-0.15, -0.1) is 0 Å². The second kappa shape index (κ2) is 16.0. The normalized spacial score (nSPS) is 24.9. The number of nitrogens with zero attached hydrogens (tertiary/aromatic N) is 4. The highest BCUT2D eigenvalue weighted by molar-refractivity contribution is 6.27. The maximum absolute atomic E-state index is 13.3. The van der Waals surface area contributed by atoms with Crippen molar-refractivity contribution in [3.63, 3.8) is 0 Å². The molecule has 10 nitrogen and oxygen atoms in total. The Kier molecular flexibility index (Phi) is 12.5. The SMILES string of the molecule is CCCCC1CN(CC2CCCCC2)C(=O)OC12CCN(C1CCN(C(=O)C3=C(C)C(=O)CN=C3C)CC1)CC2.O=C(O)C(F)(F)F. The summed E-state index contributed by atoms with van der Waals surface area (Å²) in [5.41, 5.74) is 1.42. The number of carbonyl (C=O) groups excluding carboxylic acids is 3. The summed E-state index contributed by atoms with van der Waals surface area (Å²) >= 11 is 0. The summed E-state index contributed by atoms with van der Waals surface area (Å²) in [6.45, 7) is 11.0. The van der Waals surface area contributed by atoms with Crippen molar-refractivity contribution in [2.75, 3.05) is 45.8 Å². The van der Waals surface area contributed by atoms with E-state index in [0.29, 0.717) is 47.8 Å². The van der Waals surface area contributed by atoms with E-state index in [-0.39, 0.29) is 29.9 Å². The van der Waals surface area contributed by atoms with Crippen LogP contribution in [0, 0.1) is 11.8 Å². The zero-order chi connectivity index (χ0) is 34.4. The Balaban J connectivity index is 0.000000644. The van der Waals surface area contributed by atoms with Crippen molar-refractivity contribution in [3.05, 3.63) is 11.1 Å². The van der Waals surface area contributed by atoms with Crippen LogP contribution in [-0.4, -0.2) is 113 Å². The summed E-state index contributed by atoms with van der Waals surface area (Å²) < 4.78 is 38.2. The van der Waals surface area contributed by atoms with Crippen molar-refractivity contribution in [2.45, 2.75) is 116 Å². The molecule has 0 radical (unpaired) electrons. The molecular formula is C34H51F3N4O6. The van der Waals surface area contributed by atoms with Gasteiger partial charge >= 0.3 is 18.2 Å². The molecule has 3 saturated heterocycles. The number of carbonyl (C=O) groups is 4. The van der Waals surface area contributed by atoms with Gasteiger partial charge in [-0.3, -0.25) is 19.5 Å². The van der Waals surface area contributed by atoms with Gasteiger partial charge in [-0.2, -0.15) is 13.2 Å². The number of halogens is 3. The average Bonchev–Trinajstić information content (AvgIpc) is 3.04. The molecule has 0 aromatic carbocycles. The van der Waals surface area contributed by atoms with Crippen LogP contribution in [0.15, 0.2) is 16.1 Å². The van der Waals surface area contributed by atoms with Gasteiger partial charge in [0, 0.05) is 75.4 Å². The number of rotatable bonds is 7. The second-order valence-electron chi connectivity index (χ2n) is 13.9. The highest BCUT2D eigenvalue weighted by Gasteiger charge is 2.50. The molecule has 13 heteroatoms. The molecule has 1 saturated carbocycles. The Morgan fingerprint density at radius 1 is 1.00 bits per heavy atom. The number of carboxylic acid groups (broad SMARTS) is 1. The number of carboxylic acids is 1. The van der Waals surface area contributed by atoms with E-state index in [1.54, 1.807) is 6.92 Å². The third kappa shape index (κ3) is 9.14. The predicted octanol–water partition coefficient (Wildman–Crippen LogP) is 5.64. The van der Waals surface area contributed by atoms with Gasteiger partial charge in [0.15, 0.2) is 5.78 Å². The van der Waals surface area contributed by atoms with Crippen LogP contribution in [0.4, 0.5) is 18.0 Å². The summed E-state index contributed by atoms with van der Waals surface area (Å²) in [5.74, 6) is -1.81. The summed E-state index contributed by atoms with van der Waals surface area (Å²) in [7, 11) is 0. The Bertz CT molecular complexity index is 1210. The van der Waals surface area contributed by atoms with E-state index in [1.165, 1.54) is 44.9 Å². The van der Waals surface area contributed by atoms with E-state index < -0.39 is 12.1 Å². The highest BCUT2D eigenvalue weighted by atomic mass is 19.4. The van der Waals surface area contributed by atoms with Gasteiger partial charge in [0.25, 0.3) is 5.91 Å². The van der Waals surface area contributed by atoms with E-state index >= 15 is 0 Å². The van der Waals surface area contributed by atoms with Crippen LogP contribution in [0.2, 0.25) is 0 Å². The molecule has 1 spiro atoms. The van der Waals surface area contributed by atoms with Crippen molar-refractivity contribution in [2.24, 2.45) is 16.8 Å². The zero-order valence-corrected chi connectivity index (χ0v) is 28.1. The van der Waals surface area contributed by atoms with Crippen molar-refractivity contribution >= 4 is 29.5 Å². The number of ketones is 1. The number of hydrogen-bond acceptors (Lipinski definition) is 7. The molecule has 1 N–H and O–H groups in total. The van der Waals surface area contributed by atoms with E-state index in [4.69, 9.17) is 14.6 Å². The fourth-order valence-electron chi connectivity index (χ4n) is 7.95. The van der Waals surface area contributed by atoms with Crippen LogP contribution in [0.5, 0.6) is 0 Å². The van der Waals surface area contributed by atoms with Crippen LogP contribution >= 0.6 is 0 Å². The molecule has 4 fully saturated rings. The highest BCUT2D eigenvalue weighted by Crippen LogP contribution is 2.42. The minimum Gasteiger partial charge on any atom is -0.475 e. The summed E-state index contributed by atoms with van der Waals surface area (Å²) in [6, 6.07) is 0.440. The number of ether oxygens (including phenoxy) is 1. The van der Waals surface area contributed by atoms with E-state index in [1.807, 2.05) is 16.7 Å². The number of piperidine rings is 2. The molecule has 1 aliphatic carbocycles.